The van der Waals surface area contributed by atoms with Crippen molar-refractivity contribution in [3.8, 4) is 11.5 Å². The monoisotopic (exact) mass is 278 g/mol. The molecule has 1 aromatic carbocycles. The number of carbonyl (C=O) groups excluding carboxylic acids is 1. The molecular formula is C13H14N2O3S. The maximum absolute atomic E-state index is 12.0. The molecule has 0 aliphatic carbocycles. The van der Waals surface area contributed by atoms with Crippen molar-refractivity contribution in [2.75, 3.05) is 19.5 Å². The first-order chi connectivity index (χ1) is 9.13. The second-order valence-corrected chi connectivity index (χ2v) is 4.85. The minimum atomic E-state index is -0.257. The van der Waals surface area contributed by atoms with Gasteiger partial charge in [-0.05, 0) is 36.7 Å². The second kappa shape index (κ2) is 5.71. The van der Waals surface area contributed by atoms with Crippen LogP contribution in [0.2, 0.25) is 0 Å². The van der Waals surface area contributed by atoms with E-state index in [9.17, 15) is 4.79 Å². The van der Waals surface area contributed by atoms with Crippen molar-refractivity contribution >= 4 is 23.1 Å². The maximum Gasteiger partial charge on any atom is 0.275 e. The minimum absolute atomic E-state index is 0.257. The zero-order chi connectivity index (χ0) is 13.8. The van der Waals surface area contributed by atoms with Crippen molar-refractivity contribution in [3.05, 3.63) is 34.8 Å². The van der Waals surface area contributed by atoms with Crippen LogP contribution in [-0.2, 0) is 0 Å². The topological polar surface area (TPSA) is 60.5 Å². The predicted octanol–water partition coefficient (Wildman–Crippen LogP) is 2.72. The van der Waals surface area contributed by atoms with E-state index < -0.39 is 0 Å². The number of amides is 1. The summed E-state index contributed by atoms with van der Waals surface area (Å²) in [6.45, 7) is 1.91. The number of benzene rings is 1. The Bertz CT molecular complexity index is 595. The molecule has 1 amide bonds. The molecule has 0 saturated heterocycles. The number of aryl methyl sites for hydroxylation is 1. The highest BCUT2D eigenvalue weighted by Crippen LogP contribution is 2.29. The SMILES string of the molecule is COc1ccc(NC(=O)c2cc(C)sn2)c(OC)c1. The maximum atomic E-state index is 12.0. The number of methoxy groups -OCH3 is 2. The largest absolute Gasteiger partial charge is 0.497 e. The van der Waals surface area contributed by atoms with Gasteiger partial charge >= 0.3 is 0 Å². The van der Waals surface area contributed by atoms with Gasteiger partial charge in [0.1, 0.15) is 17.2 Å². The first kappa shape index (κ1) is 13.4. The van der Waals surface area contributed by atoms with Crippen molar-refractivity contribution in [1.29, 1.82) is 0 Å². The molecule has 1 N–H and O–H groups in total. The van der Waals surface area contributed by atoms with Crippen LogP contribution in [0.25, 0.3) is 0 Å². The molecule has 0 fully saturated rings. The molecule has 1 aromatic heterocycles. The Balaban J connectivity index is 2.21. The van der Waals surface area contributed by atoms with Gasteiger partial charge in [-0.3, -0.25) is 4.79 Å². The first-order valence-corrected chi connectivity index (χ1v) is 6.38. The van der Waals surface area contributed by atoms with Crippen LogP contribution in [0.4, 0.5) is 5.69 Å². The highest BCUT2D eigenvalue weighted by molar-refractivity contribution is 7.05. The van der Waals surface area contributed by atoms with Crippen molar-refractivity contribution in [3.63, 3.8) is 0 Å². The number of hydrogen-bond donors (Lipinski definition) is 1. The first-order valence-electron chi connectivity index (χ1n) is 5.60. The Labute approximate surface area is 115 Å². The third kappa shape index (κ3) is 3.03. The Morgan fingerprint density at radius 2 is 2.05 bits per heavy atom. The highest BCUT2D eigenvalue weighted by Gasteiger charge is 2.13. The summed E-state index contributed by atoms with van der Waals surface area (Å²) in [7, 11) is 3.11. The molecule has 2 aromatic rings. The fourth-order valence-electron chi connectivity index (χ4n) is 1.56. The Kier molecular flexibility index (Phi) is 4.01. The summed E-state index contributed by atoms with van der Waals surface area (Å²) in [6, 6.07) is 6.94. The number of nitrogens with zero attached hydrogens (tertiary/aromatic N) is 1. The van der Waals surface area contributed by atoms with Crippen LogP contribution in [0.5, 0.6) is 11.5 Å². The fraction of sp³-hybridized carbons (Fsp3) is 0.231. The van der Waals surface area contributed by atoms with Gasteiger partial charge in [-0.1, -0.05) is 0 Å². The quantitative estimate of drug-likeness (QED) is 0.934. The van der Waals surface area contributed by atoms with Gasteiger partial charge in [0.15, 0.2) is 0 Å². The Morgan fingerprint density at radius 1 is 1.26 bits per heavy atom. The summed E-state index contributed by atoms with van der Waals surface area (Å²) in [5.74, 6) is 0.951. The van der Waals surface area contributed by atoms with E-state index in [1.54, 1.807) is 31.4 Å². The van der Waals surface area contributed by atoms with Gasteiger partial charge in [-0.2, -0.15) is 4.37 Å². The van der Waals surface area contributed by atoms with Crippen LogP contribution in [0.1, 0.15) is 15.4 Å². The second-order valence-electron chi connectivity index (χ2n) is 3.84. The van der Waals surface area contributed by atoms with E-state index in [1.807, 2.05) is 6.92 Å². The van der Waals surface area contributed by atoms with Crippen LogP contribution in [0, 0.1) is 6.92 Å². The Hall–Kier alpha value is -2.08. The van der Waals surface area contributed by atoms with Gasteiger partial charge in [0, 0.05) is 10.9 Å². The molecule has 1 heterocycles. The smallest absolute Gasteiger partial charge is 0.275 e. The molecule has 100 valence electrons. The van der Waals surface area contributed by atoms with Gasteiger partial charge < -0.3 is 14.8 Å². The lowest BCUT2D eigenvalue weighted by molar-refractivity contribution is 0.102. The van der Waals surface area contributed by atoms with Crippen molar-refractivity contribution in [1.82, 2.24) is 4.37 Å². The van der Waals surface area contributed by atoms with Crippen LogP contribution in [-0.4, -0.2) is 24.5 Å². The van der Waals surface area contributed by atoms with E-state index >= 15 is 0 Å². The molecule has 0 aliphatic rings. The van der Waals surface area contributed by atoms with Gasteiger partial charge in [-0.15, -0.1) is 0 Å². The molecule has 0 atom stereocenters. The third-order valence-electron chi connectivity index (χ3n) is 2.52. The summed E-state index contributed by atoms with van der Waals surface area (Å²) in [4.78, 5) is 13.0. The predicted molar refractivity (Wildman–Crippen MR) is 74.4 cm³/mol. The van der Waals surface area contributed by atoms with Crippen LogP contribution < -0.4 is 14.8 Å². The zero-order valence-electron chi connectivity index (χ0n) is 10.9. The van der Waals surface area contributed by atoms with Gasteiger partial charge in [0.2, 0.25) is 0 Å². The lowest BCUT2D eigenvalue weighted by Gasteiger charge is -2.10. The standard InChI is InChI=1S/C13H14N2O3S/c1-8-6-11(15-19-8)13(16)14-10-5-4-9(17-2)7-12(10)18-3/h4-7H,1-3H3,(H,14,16). The van der Waals surface area contributed by atoms with Gasteiger partial charge in [0.25, 0.3) is 5.91 Å². The molecule has 0 bridgehead atoms. The van der Waals surface area contributed by atoms with E-state index in [-0.39, 0.29) is 5.91 Å². The van der Waals surface area contributed by atoms with Gasteiger partial charge in [-0.25, -0.2) is 0 Å². The zero-order valence-corrected chi connectivity index (χ0v) is 11.7. The molecule has 2 rings (SSSR count). The van der Waals surface area contributed by atoms with Gasteiger partial charge in [0.05, 0.1) is 19.9 Å². The molecule has 0 unspecified atom stereocenters. The van der Waals surface area contributed by atoms with Crippen molar-refractivity contribution in [2.24, 2.45) is 0 Å². The van der Waals surface area contributed by atoms with E-state index in [0.29, 0.717) is 22.9 Å². The van der Waals surface area contributed by atoms with E-state index in [1.165, 1.54) is 18.6 Å². The number of ether oxygens (including phenoxy) is 2. The van der Waals surface area contributed by atoms with Crippen LogP contribution in [0.3, 0.4) is 0 Å². The summed E-state index contributed by atoms with van der Waals surface area (Å²) >= 11 is 1.30. The lowest BCUT2D eigenvalue weighted by Crippen LogP contribution is -2.12. The molecule has 0 spiro atoms. The number of anilines is 1. The number of carbonyl (C=O) groups is 1. The summed E-state index contributed by atoms with van der Waals surface area (Å²) < 4.78 is 14.4. The van der Waals surface area contributed by atoms with Crippen molar-refractivity contribution in [2.45, 2.75) is 6.92 Å². The number of nitrogens with one attached hydrogen (secondary N) is 1. The lowest BCUT2D eigenvalue weighted by atomic mass is 10.2. The van der Waals surface area contributed by atoms with E-state index in [0.717, 1.165) is 4.88 Å². The van der Waals surface area contributed by atoms with Crippen LogP contribution in [0.15, 0.2) is 24.3 Å². The molecular weight excluding hydrogens is 264 g/mol. The van der Waals surface area contributed by atoms with E-state index in [4.69, 9.17) is 9.47 Å². The molecule has 0 radical (unpaired) electrons. The summed E-state index contributed by atoms with van der Waals surface area (Å²) in [5.41, 5.74) is 0.985. The third-order valence-corrected chi connectivity index (χ3v) is 3.21. The van der Waals surface area contributed by atoms with Crippen LogP contribution >= 0.6 is 11.5 Å². The summed E-state index contributed by atoms with van der Waals surface area (Å²) in [6.07, 6.45) is 0. The number of aromatic nitrogens is 1. The Morgan fingerprint density at radius 3 is 2.63 bits per heavy atom. The molecule has 6 heteroatoms. The molecule has 5 nitrogen and oxygen atoms in total. The number of rotatable bonds is 4. The fourth-order valence-corrected chi connectivity index (χ4v) is 2.10. The average molecular weight is 278 g/mol. The molecule has 19 heavy (non-hydrogen) atoms. The highest BCUT2D eigenvalue weighted by atomic mass is 32.1. The normalized spacial score (nSPS) is 10.1. The average Bonchev–Trinajstić information content (AvgIpc) is 2.86. The van der Waals surface area contributed by atoms with Crippen molar-refractivity contribution < 1.29 is 14.3 Å². The number of hydrogen-bond acceptors (Lipinski definition) is 5. The molecule has 0 saturated carbocycles. The van der Waals surface area contributed by atoms with E-state index in [2.05, 4.69) is 9.69 Å². The minimum Gasteiger partial charge on any atom is -0.497 e. The summed E-state index contributed by atoms with van der Waals surface area (Å²) in [5, 5.41) is 2.77. The molecule has 0 aliphatic heterocycles.